The van der Waals surface area contributed by atoms with Crippen LogP contribution < -0.4 is 15.1 Å². The van der Waals surface area contributed by atoms with Gasteiger partial charge in [-0.25, -0.2) is 0 Å². The van der Waals surface area contributed by atoms with Crippen molar-refractivity contribution in [3.05, 3.63) is 64.1 Å². The molecule has 26 heavy (non-hydrogen) atoms. The van der Waals surface area contributed by atoms with Gasteiger partial charge in [-0.1, -0.05) is 36.4 Å². The molecule has 0 aromatic heterocycles. The summed E-state index contributed by atoms with van der Waals surface area (Å²) in [6.07, 6.45) is 0. The van der Waals surface area contributed by atoms with Gasteiger partial charge in [0, 0.05) is 10.0 Å². The van der Waals surface area contributed by atoms with Crippen molar-refractivity contribution < 1.29 is 14.6 Å². The number of aryl methyl sites for hydroxylation is 1. The van der Waals surface area contributed by atoms with Crippen molar-refractivity contribution in [2.24, 2.45) is 0 Å². The van der Waals surface area contributed by atoms with E-state index in [1.54, 1.807) is 4.90 Å². The molecular weight excluding hydrogens is 390 g/mol. The average Bonchev–Trinajstić information content (AvgIpc) is 2.65. The maximum atomic E-state index is 12.7. The molecule has 2 aromatic rings. The molecule has 3 rings (SSSR count). The number of halogens is 1. The predicted octanol–water partition coefficient (Wildman–Crippen LogP) is 1.07. The van der Waals surface area contributed by atoms with E-state index in [1.165, 1.54) is 16.0 Å². The molecule has 0 spiro atoms. The third kappa shape index (κ3) is 4.93. The van der Waals surface area contributed by atoms with Gasteiger partial charge in [0.15, 0.2) is 6.04 Å². The van der Waals surface area contributed by atoms with E-state index >= 15 is 0 Å². The van der Waals surface area contributed by atoms with Crippen LogP contribution in [0.3, 0.4) is 0 Å². The van der Waals surface area contributed by atoms with Crippen LogP contribution in [-0.4, -0.2) is 38.1 Å². The summed E-state index contributed by atoms with van der Waals surface area (Å²) in [5.74, 6) is 0.0936. The van der Waals surface area contributed by atoms with E-state index in [2.05, 4.69) is 51.6 Å². The highest BCUT2D eigenvalue weighted by molar-refractivity contribution is 9.10. The molecule has 1 heterocycles. The Morgan fingerprint density at radius 2 is 1.81 bits per heavy atom. The van der Waals surface area contributed by atoms with Crippen LogP contribution >= 0.6 is 15.9 Å². The Balaban J connectivity index is 1.51. The maximum absolute atomic E-state index is 12.7. The van der Waals surface area contributed by atoms with Crippen molar-refractivity contribution in [3.8, 4) is 0 Å². The van der Waals surface area contributed by atoms with Gasteiger partial charge in [0.2, 0.25) is 0 Å². The number of benzene rings is 2. The highest BCUT2D eigenvalue weighted by atomic mass is 79.9. The number of rotatable bonds is 5. The van der Waals surface area contributed by atoms with Crippen LogP contribution in [0.1, 0.15) is 18.1 Å². The van der Waals surface area contributed by atoms with Crippen LogP contribution in [0.25, 0.3) is 0 Å². The average molecular weight is 418 g/mol. The summed E-state index contributed by atoms with van der Waals surface area (Å²) in [5.41, 5.74) is 3.41. The zero-order chi connectivity index (χ0) is 18.5. The molecule has 1 aliphatic rings. The zero-order valence-corrected chi connectivity index (χ0v) is 17.1. The van der Waals surface area contributed by atoms with Crippen molar-refractivity contribution in [2.45, 2.75) is 26.4 Å². The van der Waals surface area contributed by atoms with Crippen molar-refractivity contribution in [2.75, 3.05) is 31.5 Å². The van der Waals surface area contributed by atoms with Crippen molar-refractivity contribution >= 4 is 27.5 Å². The molecule has 1 aliphatic heterocycles. The van der Waals surface area contributed by atoms with Gasteiger partial charge >= 0.3 is 0 Å². The molecule has 1 fully saturated rings. The number of amides is 1. The molecule has 0 aliphatic carbocycles. The molecule has 3 N–H and O–H groups in total. The first kappa shape index (κ1) is 19.1. The van der Waals surface area contributed by atoms with Crippen molar-refractivity contribution in [1.29, 1.82) is 0 Å². The molecule has 1 atom stereocenters. The number of carbonyl (C=O) groups is 1. The number of carbonyl (C=O) groups excluding carboxylic acids is 1. The third-order valence-corrected chi connectivity index (χ3v) is 5.94. The van der Waals surface area contributed by atoms with E-state index < -0.39 is 0 Å². The number of hydrogen-bond acceptors (Lipinski definition) is 1. The minimum atomic E-state index is -0.0403. The van der Waals surface area contributed by atoms with E-state index in [0.29, 0.717) is 0 Å². The van der Waals surface area contributed by atoms with Crippen molar-refractivity contribution in [1.82, 2.24) is 0 Å². The largest absolute Gasteiger partial charge is 0.322 e. The van der Waals surface area contributed by atoms with E-state index in [1.807, 2.05) is 32.0 Å². The lowest BCUT2D eigenvalue weighted by atomic mass is 10.1. The van der Waals surface area contributed by atoms with Gasteiger partial charge in [0.1, 0.15) is 32.7 Å². The van der Waals surface area contributed by atoms with Gasteiger partial charge in [0.25, 0.3) is 5.91 Å². The topological polar surface area (TPSA) is 38.0 Å². The second-order valence-electron chi connectivity index (χ2n) is 7.26. The minimum Gasteiger partial charge on any atom is -0.322 e. The Hall–Kier alpha value is -1.69. The first-order valence-corrected chi connectivity index (χ1v) is 10.1. The summed E-state index contributed by atoms with van der Waals surface area (Å²) < 4.78 is 0.935. The van der Waals surface area contributed by atoms with Gasteiger partial charge in [-0.15, -0.1) is 0 Å². The van der Waals surface area contributed by atoms with Crippen LogP contribution in [0.4, 0.5) is 5.69 Å². The number of quaternary nitrogens is 2. The molecule has 4 nitrogen and oxygen atoms in total. The molecule has 0 radical (unpaired) electrons. The molecule has 2 aromatic carbocycles. The van der Waals surface area contributed by atoms with Crippen molar-refractivity contribution in [3.63, 3.8) is 0 Å². The smallest absolute Gasteiger partial charge is 0.282 e. The zero-order valence-electron chi connectivity index (χ0n) is 15.5. The van der Waals surface area contributed by atoms with Gasteiger partial charge < -0.3 is 15.1 Å². The molecular formula is C21H28BrN3O+2. The fraction of sp³-hybridized carbons (Fsp3) is 0.381. The highest BCUT2D eigenvalue weighted by Crippen LogP contribution is 2.23. The third-order valence-electron chi connectivity index (χ3n) is 5.28. The summed E-state index contributed by atoms with van der Waals surface area (Å²) >= 11 is 3.54. The SMILES string of the molecule is Cc1ccc(NC(=O)[C@H](C)[NH+]2CC[NH+](Cc3ccccc3)CC2)c(Br)c1. The Morgan fingerprint density at radius 1 is 1.12 bits per heavy atom. The normalized spacial score (nSPS) is 21.2. The number of hydrogen-bond donors (Lipinski definition) is 3. The van der Waals surface area contributed by atoms with Crippen LogP contribution in [0.15, 0.2) is 53.0 Å². The predicted molar refractivity (Wildman–Crippen MR) is 109 cm³/mol. The lowest BCUT2D eigenvalue weighted by Crippen LogP contribution is -3.29. The van der Waals surface area contributed by atoms with E-state index in [-0.39, 0.29) is 11.9 Å². The lowest BCUT2D eigenvalue weighted by Gasteiger charge is -2.32. The quantitative estimate of drug-likeness (QED) is 0.668. The lowest BCUT2D eigenvalue weighted by molar-refractivity contribution is -1.02. The van der Waals surface area contributed by atoms with E-state index in [9.17, 15) is 4.79 Å². The van der Waals surface area contributed by atoms with Gasteiger partial charge in [0.05, 0.1) is 5.69 Å². The van der Waals surface area contributed by atoms with E-state index in [0.717, 1.165) is 42.9 Å². The second kappa shape index (κ2) is 8.80. The van der Waals surface area contributed by atoms with Crippen LogP contribution in [0.2, 0.25) is 0 Å². The first-order valence-electron chi connectivity index (χ1n) is 9.32. The summed E-state index contributed by atoms with van der Waals surface area (Å²) in [6, 6.07) is 16.6. The Morgan fingerprint density at radius 3 is 2.46 bits per heavy atom. The molecule has 1 amide bonds. The Bertz CT molecular complexity index is 742. The van der Waals surface area contributed by atoms with Crippen LogP contribution in [0.5, 0.6) is 0 Å². The standard InChI is InChI=1S/C21H26BrN3O/c1-16-8-9-20(19(22)14-16)23-21(26)17(2)25-12-10-24(11-13-25)15-18-6-4-3-5-7-18/h3-9,14,17H,10-13,15H2,1-2H3,(H,23,26)/p+2/t17-/m0/s1. The molecule has 1 saturated heterocycles. The van der Waals surface area contributed by atoms with Crippen LogP contribution in [0, 0.1) is 6.92 Å². The second-order valence-corrected chi connectivity index (χ2v) is 8.12. The molecule has 0 saturated carbocycles. The fourth-order valence-corrected chi connectivity index (χ4v) is 4.16. The fourth-order valence-electron chi connectivity index (χ4n) is 3.57. The number of nitrogens with one attached hydrogen (secondary N) is 3. The first-order chi connectivity index (χ1) is 12.5. The number of anilines is 1. The summed E-state index contributed by atoms with van der Waals surface area (Å²) in [5, 5.41) is 3.07. The van der Waals surface area contributed by atoms with Crippen LogP contribution in [-0.2, 0) is 11.3 Å². The molecule has 0 bridgehead atoms. The maximum Gasteiger partial charge on any atom is 0.282 e. The number of piperazine rings is 1. The Kier molecular flexibility index (Phi) is 6.46. The molecule has 138 valence electrons. The van der Waals surface area contributed by atoms with Gasteiger partial charge in [-0.3, -0.25) is 4.79 Å². The van der Waals surface area contributed by atoms with E-state index in [4.69, 9.17) is 0 Å². The summed E-state index contributed by atoms with van der Waals surface area (Å²) in [6.45, 7) is 9.43. The van der Waals surface area contributed by atoms with Gasteiger partial charge in [-0.05, 0) is 47.5 Å². The molecule has 5 heteroatoms. The summed E-state index contributed by atoms with van der Waals surface area (Å²) in [4.78, 5) is 15.6. The monoisotopic (exact) mass is 417 g/mol. The molecule has 0 unspecified atom stereocenters. The Labute approximate surface area is 164 Å². The summed E-state index contributed by atoms with van der Waals surface area (Å²) in [7, 11) is 0. The highest BCUT2D eigenvalue weighted by Gasteiger charge is 2.31. The minimum absolute atomic E-state index is 0.0403. The van der Waals surface area contributed by atoms with Gasteiger partial charge in [-0.2, -0.15) is 0 Å².